The Bertz CT molecular complexity index is 134. The second-order valence-electron chi connectivity index (χ2n) is 2.79. The summed E-state index contributed by atoms with van der Waals surface area (Å²) in [5.41, 5.74) is 0. The van der Waals surface area contributed by atoms with E-state index in [2.05, 4.69) is 0 Å². The molecule has 0 aliphatic carbocycles. The molecule has 1 aliphatic heterocycles. The quantitative estimate of drug-likeness (QED) is 0.457. The minimum absolute atomic E-state index is 0.361. The molecular formula is C9H14O2. The Labute approximate surface area is 67.2 Å². The first-order valence-corrected chi connectivity index (χ1v) is 4.15. The summed E-state index contributed by atoms with van der Waals surface area (Å²) in [7, 11) is 0. The summed E-state index contributed by atoms with van der Waals surface area (Å²) in [6, 6.07) is 0. The Balaban J connectivity index is 2.14. The maximum Gasteiger partial charge on any atom is 0.142 e. The van der Waals surface area contributed by atoms with Gasteiger partial charge in [0.05, 0.1) is 6.10 Å². The number of rotatable bonds is 3. The van der Waals surface area contributed by atoms with Crippen molar-refractivity contribution in [3.63, 3.8) is 0 Å². The van der Waals surface area contributed by atoms with E-state index in [-0.39, 0.29) is 0 Å². The molecule has 0 radical (unpaired) electrons. The van der Waals surface area contributed by atoms with E-state index in [9.17, 15) is 4.79 Å². The van der Waals surface area contributed by atoms with E-state index < -0.39 is 0 Å². The third-order valence-electron chi connectivity index (χ3n) is 1.89. The molecule has 0 spiro atoms. The minimum Gasteiger partial charge on any atom is -0.378 e. The number of hydrogen-bond acceptors (Lipinski definition) is 2. The molecule has 0 N–H and O–H groups in total. The molecule has 1 rings (SSSR count). The van der Waals surface area contributed by atoms with Crippen LogP contribution in [0.2, 0.25) is 0 Å². The number of carbonyl (C=O) groups is 1. The predicted octanol–water partition coefficient (Wildman–Crippen LogP) is 1.70. The Morgan fingerprint density at radius 1 is 1.45 bits per heavy atom. The summed E-state index contributed by atoms with van der Waals surface area (Å²) in [5.74, 6) is 0. The lowest BCUT2D eigenvalue weighted by Crippen LogP contribution is -2.17. The molecule has 0 bridgehead atoms. The molecule has 0 amide bonds. The van der Waals surface area contributed by atoms with Gasteiger partial charge in [0.15, 0.2) is 0 Å². The molecule has 0 saturated carbocycles. The van der Waals surface area contributed by atoms with Crippen molar-refractivity contribution in [1.82, 2.24) is 0 Å². The maximum absolute atomic E-state index is 9.92. The molecule has 1 atom stereocenters. The fraction of sp³-hybridized carbons (Fsp3) is 0.667. The van der Waals surface area contributed by atoms with Crippen molar-refractivity contribution in [2.24, 2.45) is 0 Å². The van der Waals surface area contributed by atoms with E-state index in [1.54, 1.807) is 0 Å². The highest BCUT2D eigenvalue weighted by Gasteiger charge is 2.10. The zero-order chi connectivity index (χ0) is 7.94. The third kappa shape index (κ3) is 3.33. The highest BCUT2D eigenvalue weighted by atomic mass is 16.5. The van der Waals surface area contributed by atoms with Crippen molar-refractivity contribution in [1.29, 1.82) is 0 Å². The second kappa shape index (κ2) is 5.08. The van der Waals surface area contributed by atoms with E-state index in [0.717, 1.165) is 25.7 Å². The van der Waals surface area contributed by atoms with Gasteiger partial charge in [-0.05, 0) is 31.8 Å². The van der Waals surface area contributed by atoms with Gasteiger partial charge in [0, 0.05) is 6.61 Å². The molecule has 0 aromatic rings. The van der Waals surface area contributed by atoms with Crippen LogP contribution in [0.4, 0.5) is 0 Å². The van der Waals surface area contributed by atoms with Crippen LogP contribution in [-0.2, 0) is 9.53 Å². The molecule has 1 saturated heterocycles. The lowest BCUT2D eigenvalue weighted by Gasteiger charge is -2.20. The highest BCUT2D eigenvalue weighted by Crippen LogP contribution is 2.15. The Hall–Kier alpha value is -0.630. The molecular weight excluding hydrogens is 140 g/mol. The first-order chi connectivity index (χ1) is 5.43. The van der Waals surface area contributed by atoms with Gasteiger partial charge in [-0.15, -0.1) is 0 Å². The molecule has 1 aliphatic rings. The highest BCUT2D eigenvalue weighted by molar-refractivity contribution is 5.64. The number of hydrogen-bond donors (Lipinski definition) is 0. The van der Waals surface area contributed by atoms with Crippen molar-refractivity contribution in [3.05, 3.63) is 12.2 Å². The van der Waals surface area contributed by atoms with E-state index >= 15 is 0 Å². The molecule has 1 fully saturated rings. The molecule has 2 heteroatoms. The number of allylic oxidation sites excluding steroid dienone is 1. The summed E-state index contributed by atoms with van der Waals surface area (Å²) in [5, 5.41) is 0. The van der Waals surface area contributed by atoms with Crippen molar-refractivity contribution < 1.29 is 9.53 Å². The summed E-state index contributed by atoms with van der Waals surface area (Å²) < 4.78 is 5.46. The zero-order valence-corrected chi connectivity index (χ0v) is 6.66. The predicted molar refractivity (Wildman–Crippen MR) is 43.4 cm³/mol. The van der Waals surface area contributed by atoms with Gasteiger partial charge in [-0.2, -0.15) is 0 Å². The topological polar surface area (TPSA) is 26.3 Å². The molecule has 1 heterocycles. The normalized spacial score (nSPS) is 25.6. The van der Waals surface area contributed by atoms with Gasteiger partial charge < -0.3 is 4.74 Å². The largest absolute Gasteiger partial charge is 0.378 e. The van der Waals surface area contributed by atoms with E-state index in [4.69, 9.17) is 4.74 Å². The van der Waals surface area contributed by atoms with Gasteiger partial charge in [-0.25, -0.2) is 0 Å². The smallest absolute Gasteiger partial charge is 0.142 e. The van der Waals surface area contributed by atoms with Crippen molar-refractivity contribution in [2.45, 2.75) is 31.8 Å². The van der Waals surface area contributed by atoms with Crippen LogP contribution in [0.5, 0.6) is 0 Å². The van der Waals surface area contributed by atoms with Gasteiger partial charge in [-0.1, -0.05) is 6.08 Å². The van der Waals surface area contributed by atoms with Crippen molar-refractivity contribution in [2.75, 3.05) is 6.61 Å². The molecule has 62 valence electrons. The lowest BCUT2D eigenvalue weighted by atomic mass is 10.1. The van der Waals surface area contributed by atoms with Crippen LogP contribution in [0.15, 0.2) is 12.2 Å². The van der Waals surface area contributed by atoms with E-state index in [0.29, 0.717) is 6.10 Å². The first-order valence-electron chi connectivity index (χ1n) is 4.15. The lowest BCUT2D eigenvalue weighted by molar-refractivity contribution is -0.104. The average Bonchev–Trinajstić information content (AvgIpc) is 2.07. The summed E-state index contributed by atoms with van der Waals surface area (Å²) >= 11 is 0. The van der Waals surface area contributed by atoms with Crippen LogP contribution in [0.25, 0.3) is 0 Å². The zero-order valence-electron chi connectivity index (χ0n) is 6.66. The molecule has 0 aromatic heterocycles. The fourth-order valence-corrected chi connectivity index (χ4v) is 1.28. The maximum atomic E-state index is 9.92. The fourth-order valence-electron chi connectivity index (χ4n) is 1.28. The van der Waals surface area contributed by atoms with Crippen LogP contribution >= 0.6 is 0 Å². The molecule has 11 heavy (non-hydrogen) atoms. The summed E-state index contributed by atoms with van der Waals surface area (Å²) in [6.07, 6.45) is 9.07. The van der Waals surface area contributed by atoms with Crippen LogP contribution in [-0.4, -0.2) is 19.0 Å². The van der Waals surface area contributed by atoms with E-state index in [1.807, 2.05) is 6.08 Å². The van der Waals surface area contributed by atoms with Crippen molar-refractivity contribution in [3.8, 4) is 0 Å². The minimum atomic E-state index is 0.361. The Kier molecular flexibility index (Phi) is 3.91. The SMILES string of the molecule is O=C/C=C/CC1CCCCO1. The Morgan fingerprint density at radius 2 is 2.36 bits per heavy atom. The number of carbonyl (C=O) groups excluding carboxylic acids is 1. The molecule has 2 nitrogen and oxygen atoms in total. The second-order valence-corrected chi connectivity index (χ2v) is 2.79. The molecule has 0 aromatic carbocycles. The van der Waals surface area contributed by atoms with Crippen LogP contribution in [0, 0.1) is 0 Å². The van der Waals surface area contributed by atoms with Crippen LogP contribution < -0.4 is 0 Å². The summed E-state index contributed by atoms with van der Waals surface area (Å²) in [6.45, 7) is 0.888. The van der Waals surface area contributed by atoms with Gasteiger partial charge >= 0.3 is 0 Å². The first kappa shape index (κ1) is 8.47. The monoisotopic (exact) mass is 154 g/mol. The molecule has 1 unspecified atom stereocenters. The number of ether oxygens (including phenoxy) is 1. The Morgan fingerprint density at radius 3 is 3.00 bits per heavy atom. The summed E-state index contributed by atoms with van der Waals surface area (Å²) in [4.78, 5) is 9.92. The van der Waals surface area contributed by atoms with Crippen LogP contribution in [0.1, 0.15) is 25.7 Å². The standard InChI is InChI=1S/C9H14O2/c10-7-3-1-5-9-6-2-4-8-11-9/h1,3,7,9H,2,4-6,8H2/b3-1+. The van der Waals surface area contributed by atoms with Crippen LogP contribution in [0.3, 0.4) is 0 Å². The van der Waals surface area contributed by atoms with Gasteiger partial charge in [0.25, 0.3) is 0 Å². The number of aldehydes is 1. The van der Waals surface area contributed by atoms with E-state index in [1.165, 1.54) is 18.9 Å². The van der Waals surface area contributed by atoms with Gasteiger partial charge in [-0.3, -0.25) is 4.79 Å². The van der Waals surface area contributed by atoms with Crippen molar-refractivity contribution >= 4 is 6.29 Å². The van der Waals surface area contributed by atoms with Gasteiger partial charge in [0.1, 0.15) is 6.29 Å². The van der Waals surface area contributed by atoms with Gasteiger partial charge in [0.2, 0.25) is 0 Å². The third-order valence-corrected chi connectivity index (χ3v) is 1.89. The average molecular weight is 154 g/mol.